The largest absolute Gasteiger partial charge is 0.481 e. The molecule has 0 saturated heterocycles. The van der Waals surface area contributed by atoms with Crippen LogP contribution in [0.5, 0.6) is 0 Å². The summed E-state index contributed by atoms with van der Waals surface area (Å²) in [4.78, 5) is 28.7. The standard InChI is InChI=1S/C14H29N3O3S/c1-15(2)7-5-9-17(10-6-8-16(3)4)13(18)11-21-12-14(19)20/h5-12H2,1-4H3,(H,19,20). The molecule has 0 aromatic rings. The first-order valence-corrected chi connectivity index (χ1v) is 8.35. The Labute approximate surface area is 132 Å². The third-order valence-corrected chi connectivity index (χ3v) is 3.77. The highest BCUT2D eigenvalue weighted by atomic mass is 32.2. The van der Waals surface area contributed by atoms with E-state index < -0.39 is 5.97 Å². The number of carbonyl (C=O) groups excluding carboxylic acids is 1. The third-order valence-electron chi connectivity index (χ3n) is 2.87. The van der Waals surface area contributed by atoms with Crippen LogP contribution in [0.4, 0.5) is 0 Å². The van der Waals surface area contributed by atoms with Crippen LogP contribution in [0, 0.1) is 0 Å². The van der Waals surface area contributed by atoms with Gasteiger partial charge in [-0.1, -0.05) is 0 Å². The predicted molar refractivity (Wildman–Crippen MR) is 87.9 cm³/mol. The predicted octanol–water partition coefficient (Wildman–Crippen LogP) is 0.536. The number of rotatable bonds is 12. The smallest absolute Gasteiger partial charge is 0.313 e. The van der Waals surface area contributed by atoms with Crippen LogP contribution in [0.2, 0.25) is 0 Å². The number of aliphatic carboxylic acids is 1. The SMILES string of the molecule is CN(C)CCCN(CCCN(C)C)C(=O)CSCC(=O)O. The first-order chi connectivity index (χ1) is 9.82. The molecule has 0 atom stereocenters. The minimum Gasteiger partial charge on any atom is -0.481 e. The van der Waals surface area contributed by atoms with Crippen molar-refractivity contribution in [2.24, 2.45) is 0 Å². The molecule has 1 N–H and O–H groups in total. The number of nitrogens with zero attached hydrogens (tertiary/aromatic N) is 3. The van der Waals surface area contributed by atoms with Gasteiger partial charge in [-0.25, -0.2) is 0 Å². The Morgan fingerprint density at radius 2 is 1.33 bits per heavy atom. The molecular formula is C14H29N3O3S. The first kappa shape index (κ1) is 20.2. The van der Waals surface area contributed by atoms with E-state index in [1.807, 2.05) is 33.1 Å². The second-order valence-electron chi connectivity index (χ2n) is 5.58. The molecule has 0 aliphatic carbocycles. The van der Waals surface area contributed by atoms with E-state index in [1.54, 1.807) is 0 Å². The van der Waals surface area contributed by atoms with Crippen molar-refractivity contribution < 1.29 is 14.7 Å². The second-order valence-corrected chi connectivity index (χ2v) is 6.57. The monoisotopic (exact) mass is 319 g/mol. The van der Waals surface area contributed by atoms with Crippen LogP contribution in [-0.4, -0.2) is 97.6 Å². The number of hydrogen-bond acceptors (Lipinski definition) is 5. The van der Waals surface area contributed by atoms with E-state index in [4.69, 9.17) is 5.11 Å². The number of carboxylic acids is 1. The molecule has 0 saturated carbocycles. The number of carbonyl (C=O) groups is 2. The maximum absolute atomic E-state index is 12.2. The molecule has 0 radical (unpaired) electrons. The lowest BCUT2D eigenvalue weighted by atomic mass is 10.3. The van der Waals surface area contributed by atoms with Crippen molar-refractivity contribution in [3.8, 4) is 0 Å². The van der Waals surface area contributed by atoms with E-state index in [9.17, 15) is 9.59 Å². The Morgan fingerprint density at radius 3 is 1.71 bits per heavy atom. The summed E-state index contributed by atoms with van der Waals surface area (Å²) in [5.74, 6) is -0.607. The first-order valence-electron chi connectivity index (χ1n) is 7.19. The van der Waals surface area contributed by atoms with E-state index in [0.717, 1.165) is 39.0 Å². The van der Waals surface area contributed by atoms with E-state index in [1.165, 1.54) is 11.8 Å². The van der Waals surface area contributed by atoms with Crippen molar-refractivity contribution in [2.75, 3.05) is 65.9 Å². The number of carboxylic acid groups (broad SMARTS) is 1. The van der Waals surface area contributed by atoms with Crippen molar-refractivity contribution in [3.05, 3.63) is 0 Å². The van der Waals surface area contributed by atoms with Gasteiger partial charge in [-0.3, -0.25) is 9.59 Å². The second kappa shape index (κ2) is 11.8. The lowest BCUT2D eigenvalue weighted by Gasteiger charge is -2.24. The van der Waals surface area contributed by atoms with Crippen LogP contribution in [0.1, 0.15) is 12.8 Å². The van der Waals surface area contributed by atoms with Crippen LogP contribution in [0.3, 0.4) is 0 Å². The molecule has 0 spiro atoms. The van der Waals surface area contributed by atoms with E-state index in [-0.39, 0.29) is 17.4 Å². The van der Waals surface area contributed by atoms with Crippen LogP contribution >= 0.6 is 11.8 Å². The molecule has 7 heteroatoms. The van der Waals surface area contributed by atoms with Crippen molar-refractivity contribution >= 4 is 23.6 Å². The third kappa shape index (κ3) is 12.6. The quantitative estimate of drug-likeness (QED) is 0.566. The molecule has 0 heterocycles. The van der Waals surface area contributed by atoms with Gasteiger partial charge in [0.05, 0.1) is 11.5 Å². The average molecular weight is 319 g/mol. The molecule has 1 amide bonds. The Hall–Kier alpha value is -0.790. The van der Waals surface area contributed by atoms with E-state index in [2.05, 4.69) is 9.80 Å². The Balaban J connectivity index is 4.19. The maximum Gasteiger partial charge on any atom is 0.313 e. The lowest BCUT2D eigenvalue weighted by Crippen LogP contribution is -2.36. The maximum atomic E-state index is 12.2. The minimum absolute atomic E-state index is 0.0189. The summed E-state index contributed by atoms with van der Waals surface area (Å²) in [5, 5.41) is 8.61. The summed E-state index contributed by atoms with van der Waals surface area (Å²) in [6.45, 7) is 3.36. The van der Waals surface area contributed by atoms with E-state index in [0.29, 0.717) is 0 Å². The summed E-state index contributed by atoms with van der Waals surface area (Å²) < 4.78 is 0. The molecule has 0 aliphatic rings. The molecule has 0 aromatic heterocycles. The minimum atomic E-state index is -0.875. The Bertz CT molecular complexity index is 298. The van der Waals surface area contributed by atoms with Crippen LogP contribution in [0.25, 0.3) is 0 Å². The van der Waals surface area contributed by atoms with Crippen LogP contribution < -0.4 is 0 Å². The summed E-state index contributed by atoms with van der Waals surface area (Å²) in [6.07, 6.45) is 1.87. The zero-order valence-corrected chi connectivity index (χ0v) is 14.5. The average Bonchev–Trinajstić information content (AvgIpc) is 2.35. The summed E-state index contributed by atoms with van der Waals surface area (Å²) in [5.41, 5.74) is 0. The van der Waals surface area contributed by atoms with Gasteiger partial charge in [0.25, 0.3) is 0 Å². The van der Waals surface area contributed by atoms with Gasteiger partial charge in [0.1, 0.15) is 0 Å². The van der Waals surface area contributed by atoms with Gasteiger partial charge in [0.15, 0.2) is 0 Å². The van der Waals surface area contributed by atoms with E-state index >= 15 is 0 Å². The summed E-state index contributed by atoms with van der Waals surface area (Å²) in [7, 11) is 8.06. The number of thioether (sulfide) groups is 1. The highest BCUT2D eigenvalue weighted by molar-refractivity contribution is 8.00. The van der Waals surface area contributed by atoms with Crippen molar-refractivity contribution in [1.82, 2.24) is 14.7 Å². The zero-order valence-electron chi connectivity index (χ0n) is 13.7. The molecule has 0 fully saturated rings. The fourth-order valence-corrected chi connectivity index (χ4v) is 2.47. The topological polar surface area (TPSA) is 64.1 Å². The Kier molecular flexibility index (Phi) is 11.4. The van der Waals surface area contributed by atoms with Crippen molar-refractivity contribution in [2.45, 2.75) is 12.8 Å². The fraction of sp³-hybridized carbons (Fsp3) is 0.857. The highest BCUT2D eigenvalue weighted by Crippen LogP contribution is 2.05. The normalized spacial score (nSPS) is 11.1. The molecule has 0 unspecified atom stereocenters. The van der Waals surface area contributed by atoms with Gasteiger partial charge >= 0.3 is 5.97 Å². The molecule has 0 aromatic carbocycles. The molecule has 6 nitrogen and oxygen atoms in total. The number of hydrogen-bond donors (Lipinski definition) is 1. The van der Waals surface area contributed by atoms with Crippen LogP contribution in [0.15, 0.2) is 0 Å². The van der Waals surface area contributed by atoms with Gasteiger partial charge in [-0.2, -0.15) is 0 Å². The van der Waals surface area contributed by atoms with Gasteiger partial charge in [0, 0.05) is 13.1 Å². The molecule has 0 aliphatic heterocycles. The molecule has 0 bridgehead atoms. The summed E-state index contributed by atoms with van der Waals surface area (Å²) >= 11 is 1.17. The Morgan fingerprint density at radius 1 is 0.857 bits per heavy atom. The van der Waals surface area contributed by atoms with Crippen LogP contribution in [-0.2, 0) is 9.59 Å². The van der Waals surface area contributed by atoms with Crippen molar-refractivity contribution in [1.29, 1.82) is 0 Å². The molecule has 21 heavy (non-hydrogen) atoms. The number of amides is 1. The fourth-order valence-electron chi connectivity index (χ4n) is 1.83. The lowest BCUT2D eigenvalue weighted by molar-refractivity contribution is -0.133. The zero-order chi connectivity index (χ0) is 16.3. The van der Waals surface area contributed by atoms with Gasteiger partial charge < -0.3 is 19.8 Å². The molecule has 0 rings (SSSR count). The molecule has 124 valence electrons. The molecular weight excluding hydrogens is 290 g/mol. The van der Waals surface area contributed by atoms with Gasteiger partial charge in [-0.15, -0.1) is 11.8 Å². The van der Waals surface area contributed by atoms with Gasteiger partial charge in [0.2, 0.25) is 5.91 Å². The highest BCUT2D eigenvalue weighted by Gasteiger charge is 2.14. The van der Waals surface area contributed by atoms with Gasteiger partial charge in [-0.05, 0) is 54.1 Å². The van der Waals surface area contributed by atoms with Crippen molar-refractivity contribution in [3.63, 3.8) is 0 Å². The summed E-state index contributed by atoms with van der Waals surface area (Å²) in [6, 6.07) is 0.